The van der Waals surface area contributed by atoms with Gasteiger partial charge in [0.05, 0.1) is 7.11 Å². The Labute approximate surface area is 94.6 Å². The fraction of sp³-hybridized carbons (Fsp3) is 0.385. The van der Waals surface area contributed by atoms with Gasteiger partial charge in [0.15, 0.2) is 0 Å². The van der Waals surface area contributed by atoms with Crippen molar-refractivity contribution < 1.29 is 4.74 Å². The third-order valence-corrected chi connectivity index (χ3v) is 3.46. The lowest BCUT2D eigenvalue weighted by Gasteiger charge is -2.18. The van der Waals surface area contributed by atoms with E-state index in [1.165, 1.54) is 28.6 Å². The van der Waals surface area contributed by atoms with E-state index in [2.05, 4.69) is 17.1 Å². The first-order valence-corrected chi connectivity index (χ1v) is 5.73. The number of nitrogens with one attached hydrogen (secondary N) is 1. The van der Waals surface area contributed by atoms with Gasteiger partial charge in [0.25, 0.3) is 0 Å². The Morgan fingerprint density at radius 3 is 3.12 bits per heavy atom. The van der Waals surface area contributed by atoms with E-state index >= 15 is 0 Å². The number of hydrogen-bond donors (Lipinski definition) is 2. The lowest BCUT2D eigenvalue weighted by molar-refractivity contribution is 0.415. The Bertz CT molecular complexity index is 530. The van der Waals surface area contributed by atoms with Crippen LogP contribution in [-0.2, 0) is 6.42 Å². The summed E-state index contributed by atoms with van der Waals surface area (Å²) >= 11 is 0. The number of aromatic amines is 1. The Balaban J connectivity index is 2.25. The Morgan fingerprint density at radius 2 is 2.31 bits per heavy atom. The van der Waals surface area contributed by atoms with Crippen molar-refractivity contribution in [3.63, 3.8) is 0 Å². The summed E-state index contributed by atoms with van der Waals surface area (Å²) in [7, 11) is 1.70. The largest absolute Gasteiger partial charge is 0.497 e. The maximum Gasteiger partial charge on any atom is 0.119 e. The van der Waals surface area contributed by atoms with Gasteiger partial charge in [-0.15, -0.1) is 0 Å². The van der Waals surface area contributed by atoms with Crippen LogP contribution >= 0.6 is 0 Å². The molecule has 84 valence electrons. The molecule has 0 saturated heterocycles. The molecule has 3 rings (SSSR count). The number of methoxy groups -OCH3 is 1. The monoisotopic (exact) mass is 216 g/mol. The molecule has 1 aromatic heterocycles. The minimum atomic E-state index is 0.169. The maximum absolute atomic E-state index is 6.12. The summed E-state index contributed by atoms with van der Waals surface area (Å²) in [4.78, 5) is 3.44. The molecule has 0 spiro atoms. The van der Waals surface area contributed by atoms with Crippen molar-refractivity contribution in [1.29, 1.82) is 0 Å². The van der Waals surface area contributed by atoms with Gasteiger partial charge in [-0.1, -0.05) is 0 Å². The molecule has 3 nitrogen and oxygen atoms in total. The van der Waals surface area contributed by atoms with E-state index in [0.717, 1.165) is 18.6 Å². The van der Waals surface area contributed by atoms with Gasteiger partial charge in [-0.25, -0.2) is 0 Å². The summed E-state index contributed by atoms with van der Waals surface area (Å²) in [5.41, 5.74) is 9.89. The number of aryl methyl sites for hydroxylation is 1. The average Bonchev–Trinajstić information content (AvgIpc) is 2.68. The van der Waals surface area contributed by atoms with Gasteiger partial charge < -0.3 is 15.5 Å². The predicted molar refractivity (Wildman–Crippen MR) is 64.7 cm³/mol. The highest BCUT2D eigenvalue weighted by molar-refractivity contribution is 5.86. The van der Waals surface area contributed by atoms with Gasteiger partial charge in [0.1, 0.15) is 5.75 Å². The molecule has 0 bridgehead atoms. The molecular weight excluding hydrogens is 200 g/mol. The van der Waals surface area contributed by atoms with Gasteiger partial charge in [0, 0.05) is 22.6 Å². The highest BCUT2D eigenvalue weighted by atomic mass is 16.5. The second-order valence-electron chi connectivity index (χ2n) is 4.43. The number of nitrogens with two attached hydrogens (primary N) is 1. The van der Waals surface area contributed by atoms with Crippen molar-refractivity contribution in [2.24, 2.45) is 5.73 Å². The van der Waals surface area contributed by atoms with Crippen LogP contribution in [0.3, 0.4) is 0 Å². The van der Waals surface area contributed by atoms with Crippen molar-refractivity contribution in [2.75, 3.05) is 7.11 Å². The fourth-order valence-corrected chi connectivity index (χ4v) is 2.60. The van der Waals surface area contributed by atoms with Gasteiger partial charge >= 0.3 is 0 Å². The summed E-state index contributed by atoms with van der Waals surface area (Å²) in [6, 6.07) is 6.32. The molecular formula is C13H16N2O. The lowest BCUT2D eigenvalue weighted by Crippen LogP contribution is -2.16. The van der Waals surface area contributed by atoms with Gasteiger partial charge in [0.2, 0.25) is 0 Å². The standard InChI is InChI=1S/C13H16N2O/c1-16-8-5-6-12-10(7-8)9-3-2-4-11(14)13(9)15-12/h5-7,11,15H,2-4,14H2,1H3. The van der Waals surface area contributed by atoms with E-state index in [1.54, 1.807) is 7.11 Å². The van der Waals surface area contributed by atoms with Gasteiger partial charge in [-0.2, -0.15) is 0 Å². The number of aromatic nitrogens is 1. The zero-order valence-electron chi connectivity index (χ0n) is 9.42. The van der Waals surface area contributed by atoms with Crippen LogP contribution in [0.25, 0.3) is 10.9 Å². The Kier molecular flexibility index (Phi) is 2.14. The van der Waals surface area contributed by atoms with Crippen LogP contribution in [0, 0.1) is 0 Å². The number of hydrogen-bond acceptors (Lipinski definition) is 2. The molecule has 1 heterocycles. The third kappa shape index (κ3) is 1.32. The smallest absolute Gasteiger partial charge is 0.119 e. The summed E-state index contributed by atoms with van der Waals surface area (Å²) in [6.07, 6.45) is 3.38. The summed E-state index contributed by atoms with van der Waals surface area (Å²) < 4.78 is 5.26. The predicted octanol–water partition coefficient (Wildman–Crippen LogP) is 2.51. The molecule has 0 amide bonds. The van der Waals surface area contributed by atoms with Crippen molar-refractivity contribution in [3.05, 3.63) is 29.5 Å². The first kappa shape index (κ1) is 9.73. The SMILES string of the molecule is COc1ccc2[nH]c3c(c2c1)CCCC3N. The molecule has 1 aliphatic rings. The van der Waals surface area contributed by atoms with Crippen molar-refractivity contribution in [1.82, 2.24) is 4.98 Å². The van der Waals surface area contributed by atoms with E-state index in [1.807, 2.05) is 6.07 Å². The molecule has 3 N–H and O–H groups in total. The Hall–Kier alpha value is -1.48. The van der Waals surface area contributed by atoms with Gasteiger partial charge in [-0.3, -0.25) is 0 Å². The highest BCUT2D eigenvalue weighted by Crippen LogP contribution is 2.34. The highest BCUT2D eigenvalue weighted by Gasteiger charge is 2.21. The molecule has 3 heteroatoms. The zero-order valence-corrected chi connectivity index (χ0v) is 9.42. The van der Waals surface area contributed by atoms with Crippen LogP contribution < -0.4 is 10.5 Å². The molecule has 1 aromatic carbocycles. The van der Waals surface area contributed by atoms with Crippen molar-refractivity contribution in [2.45, 2.75) is 25.3 Å². The lowest BCUT2D eigenvalue weighted by atomic mass is 9.92. The number of ether oxygens (including phenoxy) is 1. The molecule has 2 aromatic rings. The molecule has 1 aliphatic carbocycles. The minimum Gasteiger partial charge on any atom is -0.497 e. The quantitative estimate of drug-likeness (QED) is 0.769. The molecule has 1 unspecified atom stereocenters. The van der Waals surface area contributed by atoms with Crippen molar-refractivity contribution >= 4 is 10.9 Å². The number of fused-ring (bicyclic) bond motifs is 3. The number of benzene rings is 1. The summed E-state index contributed by atoms with van der Waals surface area (Å²) in [5, 5.41) is 1.27. The molecule has 16 heavy (non-hydrogen) atoms. The minimum absolute atomic E-state index is 0.169. The van der Waals surface area contributed by atoms with E-state index in [-0.39, 0.29) is 6.04 Å². The average molecular weight is 216 g/mol. The fourth-order valence-electron chi connectivity index (χ4n) is 2.60. The van der Waals surface area contributed by atoms with Crippen LogP contribution in [-0.4, -0.2) is 12.1 Å². The third-order valence-electron chi connectivity index (χ3n) is 3.46. The van der Waals surface area contributed by atoms with Crippen LogP contribution in [0.15, 0.2) is 18.2 Å². The molecule has 1 atom stereocenters. The van der Waals surface area contributed by atoms with Crippen LogP contribution in [0.1, 0.15) is 30.1 Å². The summed E-state index contributed by atoms with van der Waals surface area (Å²) in [6.45, 7) is 0. The number of rotatable bonds is 1. The molecule has 0 radical (unpaired) electrons. The molecule has 0 fully saturated rings. The first-order chi connectivity index (χ1) is 7.79. The van der Waals surface area contributed by atoms with Crippen LogP contribution in [0.4, 0.5) is 0 Å². The van der Waals surface area contributed by atoms with E-state index in [4.69, 9.17) is 10.5 Å². The van der Waals surface area contributed by atoms with E-state index in [9.17, 15) is 0 Å². The van der Waals surface area contributed by atoms with E-state index in [0.29, 0.717) is 0 Å². The van der Waals surface area contributed by atoms with Gasteiger partial charge in [-0.05, 0) is 43.0 Å². The Morgan fingerprint density at radius 1 is 1.44 bits per heavy atom. The summed E-state index contributed by atoms with van der Waals surface area (Å²) in [5.74, 6) is 0.911. The first-order valence-electron chi connectivity index (χ1n) is 5.73. The molecule has 0 saturated carbocycles. The van der Waals surface area contributed by atoms with Crippen molar-refractivity contribution in [3.8, 4) is 5.75 Å². The topological polar surface area (TPSA) is 51.0 Å². The maximum atomic E-state index is 6.12. The second-order valence-corrected chi connectivity index (χ2v) is 4.43. The number of H-pyrrole nitrogens is 1. The normalized spacial score (nSPS) is 19.8. The molecule has 0 aliphatic heterocycles. The zero-order chi connectivity index (χ0) is 11.1. The van der Waals surface area contributed by atoms with Crippen LogP contribution in [0.5, 0.6) is 5.75 Å². The van der Waals surface area contributed by atoms with E-state index < -0.39 is 0 Å². The second kappa shape index (κ2) is 3.52. The van der Waals surface area contributed by atoms with Crippen LogP contribution in [0.2, 0.25) is 0 Å².